The lowest BCUT2D eigenvalue weighted by molar-refractivity contribution is 0.444. The van der Waals surface area contributed by atoms with E-state index in [9.17, 15) is 0 Å². The molecule has 0 spiro atoms. The van der Waals surface area contributed by atoms with Gasteiger partial charge in [0.05, 0.1) is 5.69 Å². The number of fused-ring (bicyclic) bond motifs is 4. The molecule has 8 aromatic carbocycles. The standard InChI is InChI=1S/C55H47N/c1-55(2)50-29-16-28-48(40-21-10-5-11-22-40)54(50)49-36-35-44(37-51(49)55)56(52-30-13-12-25-45(52)38-17-6-3-7-18-38)43-33-31-41(32-34-43)47-27-15-24-42-23-14-26-46(53(42)47)39-19-8-4-9-20-39/h3-4,6-9,12-20,23-37,40H,5,10-11,21-22H2,1-2H3. The van der Waals surface area contributed by atoms with Gasteiger partial charge in [0.25, 0.3) is 0 Å². The van der Waals surface area contributed by atoms with E-state index in [-0.39, 0.29) is 5.41 Å². The number of hydrogen-bond acceptors (Lipinski definition) is 1. The molecule has 10 rings (SSSR count). The zero-order chi connectivity index (χ0) is 37.6. The van der Waals surface area contributed by atoms with E-state index in [4.69, 9.17) is 0 Å². The molecule has 0 saturated heterocycles. The largest absolute Gasteiger partial charge is 0.310 e. The molecule has 0 heterocycles. The summed E-state index contributed by atoms with van der Waals surface area (Å²) >= 11 is 0. The number of rotatable bonds is 7. The van der Waals surface area contributed by atoms with Crippen LogP contribution >= 0.6 is 0 Å². The molecule has 272 valence electrons. The number of nitrogens with zero attached hydrogens (tertiary/aromatic N) is 1. The van der Waals surface area contributed by atoms with E-state index in [0.29, 0.717) is 5.92 Å². The summed E-state index contributed by atoms with van der Waals surface area (Å²) in [6.07, 6.45) is 6.65. The molecule has 0 unspecified atom stereocenters. The van der Waals surface area contributed by atoms with Gasteiger partial charge in [0, 0.05) is 22.4 Å². The molecule has 1 saturated carbocycles. The molecule has 2 aliphatic rings. The van der Waals surface area contributed by atoms with Crippen LogP contribution in [0.1, 0.15) is 68.6 Å². The van der Waals surface area contributed by atoms with Crippen molar-refractivity contribution in [2.24, 2.45) is 0 Å². The molecule has 0 amide bonds. The molecule has 0 atom stereocenters. The van der Waals surface area contributed by atoms with E-state index in [1.807, 2.05) is 0 Å². The van der Waals surface area contributed by atoms with E-state index < -0.39 is 0 Å². The van der Waals surface area contributed by atoms with Crippen LogP contribution in [0.15, 0.2) is 182 Å². The highest BCUT2D eigenvalue weighted by molar-refractivity contribution is 6.06. The van der Waals surface area contributed by atoms with Crippen LogP contribution in [0.5, 0.6) is 0 Å². The quantitative estimate of drug-likeness (QED) is 0.158. The summed E-state index contributed by atoms with van der Waals surface area (Å²) in [6, 6.07) is 67.5. The zero-order valence-electron chi connectivity index (χ0n) is 32.4. The van der Waals surface area contributed by atoms with Crippen molar-refractivity contribution in [3.05, 3.63) is 199 Å². The third-order valence-electron chi connectivity index (χ3n) is 12.7. The van der Waals surface area contributed by atoms with Gasteiger partial charge in [-0.25, -0.2) is 0 Å². The molecule has 56 heavy (non-hydrogen) atoms. The minimum absolute atomic E-state index is 0.106. The maximum Gasteiger partial charge on any atom is 0.0540 e. The predicted octanol–water partition coefficient (Wildman–Crippen LogP) is 15.7. The Hall–Kier alpha value is -6.18. The molecular formula is C55H47N. The van der Waals surface area contributed by atoms with Gasteiger partial charge in [-0.15, -0.1) is 0 Å². The Kier molecular flexibility index (Phi) is 8.67. The first-order valence-electron chi connectivity index (χ1n) is 20.5. The smallest absolute Gasteiger partial charge is 0.0540 e. The van der Waals surface area contributed by atoms with Crippen LogP contribution < -0.4 is 4.90 Å². The first-order chi connectivity index (χ1) is 27.6. The first kappa shape index (κ1) is 34.3. The Morgan fingerprint density at radius 3 is 1.71 bits per heavy atom. The Morgan fingerprint density at radius 1 is 0.446 bits per heavy atom. The molecule has 0 bridgehead atoms. The van der Waals surface area contributed by atoms with Gasteiger partial charge in [-0.3, -0.25) is 0 Å². The summed E-state index contributed by atoms with van der Waals surface area (Å²) in [5.41, 5.74) is 18.1. The monoisotopic (exact) mass is 721 g/mol. The van der Waals surface area contributed by atoms with Crippen LogP contribution in [0, 0.1) is 0 Å². The Bertz CT molecular complexity index is 2680. The second-order valence-electron chi connectivity index (χ2n) is 16.3. The van der Waals surface area contributed by atoms with E-state index in [2.05, 4.69) is 201 Å². The van der Waals surface area contributed by atoms with Crippen molar-refractivity contribution in [3.8, 4) is 44.5 Å². The maximum atomic E-state index is 2.49. The Balaban J connectivity index is 1.13. The molecule has 1 heteroatoms. The summed E-state index contributed by atoms with van der Waals surface area (Å²) in [6.45, 7) is 4.86. The van der Waals surface area contributed by atoms with E-state index >= 15 is 0 Å². The van der Waals surface area contributed by atoms with Gasteiger partial charge in [0.1, 0.15) is 0 Å². The molecular weight excluding hydrogens is 675 g/mol. The van der Waals surface area contributed by atoms with Crippen LogP contribution in [0.3, 0.4) is 0 Å². The fourth-order valence-electron chi connectivity index (χ4n) is 9.88. The topological polar surface area (TPSA) is 3.24 Å². The van der Waals surface area contributed by atoms with Crippen molar-refractivity contribution in [1.29, 1.82) is 0 Å². The third-order valence-corrected chi connectivity index (χ3v) is 12.7. The minimum atomic E-state index is -0.106. The molecule has 1 nitrogen and oxygen atoms in total. The summed E-state index contributed by atoms with van der Waals surface area (Å²) < 4.78 is 0. The molecule has 8 aromatic rings. The van der Waals surface area contributed by atoms with Crippen LogP contribution in [0.2, 0.25) is 0 Å². The number of hydrogen-bond donors (Lipinski definition) is 0. The summed E-state index contributed by atoms with van der Waals surface area (Å²) in [7, 11) is 0. The Morgan fingerprint density at radius 2 is 1.02 bits per heavy atom. The molecule has 0 aliphatic heterocycles. The molecule has 0 N–H and O–H groups in total. The molecule has 1 fully saturated rings. The predicted molar refractivity (Wildman–Crippen MR) is 238 cm³/mol. The van der Waals surface area contributed by atoms with Crippen molar-refractivity contribution in [1.82, 2.24) is 0 Å². The van der Waals surface area contributed by atoms with Crippen LogP contribution in [0.4, 0.5) is 17.1 Å². The highest BCUT2D eigenvalue weighted by Crippen LogP contribution is 2.54. The van der Waals surface area contributed by atoms with Crippen molar-refractivity contribution < 1.29 is 0 Å². The van der Waals surface area contributed by atoms with E-state index in [0.717, 1.165) is 5.69 Å². The second kappa shape index (κ2) is 14.2. The highest BCUT2D eigenvalue weighted by Gasteiger charge is 2.38. The SMILES string of the molecule is CC1(C)c2cc(N(c3ccc(-c4cccc5cccc(-c6ccccc6)c45)cc3)c3ccccc3-c3ccccc3)ccc2-c2c(C3CCCCC3)cccc21. The van der Waals surface area contributed by atoms with Crippen molar-refractivity contribution in [2.45, 2.75) is 57.3 Å². The van der Waals surface area contributed by atoms with Gasteiger partial charge in [0.2, 0.25) is 0 Å². The van der Waals surface area contributed by atoms with E-state index in [1.165, 1.54) is 110 Å². The van der Waals surface area contributed by atoms with Crippen molar-refractivity contribution >= 4 is 27.8 Å². The van der Waals surface area contributed by atoms with Gasteiger partial charge < -0.3 is 4.90 Å². The summed E-state index contributed by atoms with van der Waals surface area (Å²) in [4.78, 5) is 2.48. The normalized spacial score (nSPS) is 14.7. The molecule has 0 radical (unpaired) electrons. The van der Waals surface area contributed by atoms with Crippen LogP contribution in [0.25, 0.3) is 55.3 Å². The van der Waals surface area contributed by atoms with Gasteiger partial charge in [-0.05, 0) is 115 Å². The lowest BCUT2D eigenvalue weighted by Crippen LogP contribution is -2.17. The summed E-state index contributed by atoms with van der Waals surface area (Å²) in [5, 5.41) is 2.54. The Labute approximate surface area is 331 Å². The minimum Gasteiger partial charge on any atom is -0.310 e. The number of anilines is 3. The highest BCUT2D eigenvalue weighted by atomic mass is 15.1. The van der Waals surface area contributed by atoms with Gasteiger partial charge in [-0.2, -0.15) is 0 Å². The van der Waals surface area contributed by atoms with E-state index in [1.54, 1.807) is 5.56 Å². The molecule has 2 aliphatic carbocycles. The zero-order valence-corrected chi connectivity index (χ0v) is 32.4. The average molecular weight is 722 g/mol. The van der Waals surface area contributed by atoms with Gasteiger partial charge in [0.15, 0.2) is 0 Å². The first-order valence-corrected chi connectivity index (χ1v) is 20.5. The fraction of sp³-hybridized carbons (Fsp3) is 0.164. The molecule has 0 aromatic heterocycles. The van der Waals surface area contributed by atoms with Crippen LogP contribution in [-0.4, -0.2) is 0 Å². The van der Waals surface area contributed by atoms with Crippen LogP contribution in [-0.2, 0) is 5.41 Å². The third kappa shape index (κ3) is 5.85. The van der Waals surface area contributed by atoms with Crippen molar-refractivity contribution in [3.63, 3.8) is 0 Å². The fourth-order valence-corrected chi connectivity index (χ4v) is 9.88. The summed E-state index contributed by atoms with van der Waals surface area (Å²) in [5.74, 6) is 0.651. The van der Waals surface area contributed by atoms with Gasteiger partial charge in [-0.1, -0.05) is 185 Å². The van der Waals surface area contributed by atoms with Gasteiger partial charge >= 0.3 is 0 Å². The lowest BCUT2D eigenvalue weighted by Gasteiger charge is -2.30. The lowest BCUT2D eigenvalue weighted by atomic mass is 9.78. The average Bonchev–Trinajstić information content (AvgIpc) is 3.50. The number of para-hydroxylation sites is 1. The second-order valence-corrected chi connectivity index (χ2v) is 16.3. The number of benzene rings is 8. The maximum absolute atomic E-state index is 2.49. The van der Waals surface area contributed by atoms with Crippen molar-refractivity contribution in [2.75, 3.05) is 4.90 Å².